The molecular formula is C20H24ClN5O2. The van der Waals surface area contributed by atoms with Crippen molar-refractivity contribution < 1.29 is 9.59 Å². The lowest BCUT2D eigenvalue weighted by Gasteiger charge is -2.26. The standard InChI is InChI=1S/C20H24ClN5O2/c21-16-9-8-14(22-18(27)13-25-10-5-3-7-19(25)28)12-15(16)20-24-23-17-6-2-1-4-11-26(17)20/h8-9,12H,1-7,10-11,13H2,(H,22,27). The van der Waals surface area contributed by atoms with Crippen LogP contribution in [0.3, 0.4) is 0 Å². The maximum atomic E-state index is 12.4. The molecule has 0 radical (unpaired) electrons. The third kappa shape index (κ3) is 4.04. The molecule has 148 valence electrons. The van der Waals surface area contributed by atoms with Gasteiger partial charge < -0.3 is 14.8 Å². The van der Waals surface area contributed by atoms with Crippen LogP contribution in [-0.2, 0) is 22.6 Å². The lowest BCUT2D eigenvalue weighted by Crippen LogP contribution is -2.40. The van der Waals surface area contributed by atoms with Crippen molar-refractivity contribution in [1.29, 1.82) is 0 Å². The van der Waals surface area contributed by atoms with Gasteiger partial charge in [-0.3, -0.25) is 9.59 Å². The number of aryl methyl sites for hydroxylation is 1. The number of halogens is 1. The molecule has 1 aromatic carbocycles. The second-order valence-electron chi connectivity index (χ2n) is 7.42. The maximum absolute atomic E-state index is 12.4. The number of fused-ring (bicyclic) bond motifs is 1. The number of carbonyl (C=O) groups is 2. The average Bonchev–Trinajstić information content (AvgIpc) is 2.93. The zero-order valence-corrected chi connectivity index (χ0v) is 16.5. The van der Waals surface area contributed by atoms with Crippen LogP contribution in [0.4, 0.5) is 5.69 Å². The minimum atomic E-state index is -0.205. The Morgan fingerprint density at radius 1 is 1.07 bits per heavy atom. The van der Waals surface area contributed by atoms with Crippen molar-refractivity contribution in [2.24, 2.45) is 0 Å². The number of piperidine rings is 1. The lowest BCUT2D eigenvalue weighted by atomic mass is 10.1. The van der Waals surface area contributed by atoms with E-state index < -0.39 is 0 Å². The zero-order valence-electron chi connectivity index (χ0n) is 15.8. The molecule has 1 aromatic heterocycles. The highest BCUT2D eigenvalue weighted by atomic mass is 35.5. The van der Waals surface area contributed by atoms with Gasteiger partial charge in [-0.25, -0.2) is 0 Å². The summed E-state index contributed by atoms with van der Waals surface area (Å²) in [5.41, 5.74) is 1.40. The molecule has 2 aliphatic rings. The maximum Gasteiger partial charge on any atom is 0.243 e. The van der Waals surface area contributed by atoms with Crippen LogP contribution in [0, 0.1) is 0 Å². The minimum Gasteiger partial charge on any atom is -0.333 e. The van der Waals surface area contributed by atoms with Crippen LogP contribution in [-0.4, -0.2) is 44.6 Å². The van der Waals surface area contributed by atoms with Crippen molar-refractivity contribution >= 4 is 29.1 Å². The minimum absolute atomic E-state index is 0.0457. The molecule has 1 N–H and O–H groups in total. The van der Waals surface area contributed by atoms with Gasteiger partial charge in [0.05, 0.1) is 11.6 Å². The Kier molecular flexibility index (Phi) is 5.62. The molecule has 2 aliphatic heterocycles. The number of likely N-dealkylation sites (tertiary alicyclic amines) is 1. The van der Waals surface area contributed by atoms with E-state index in [2.05, 4.69) is 20.1 Å². The van der Waals surface area contributed by atoms with Gasteiger partial charge in [0, 0.05) is 37.2 Å². The fourth-order valence-electron chi connectivity index (χ4n) is 3.86. The molecule has 0 atom stereocenters. The Morgan fingerprint density at radius 2 is 1.89 bits per heavy atom. The van der Waals surface area contributed by atoms with Crippen molar-refractivity contribution in [2.75, 3.05) is 18.4 Å². The summed E-state index contributed by atoms with van der Waals surface area (Å²) in [7, 11) is 0. The number of nitrogens with one attached hydrogen (secondary N) is 1. The highest BCUT2D eigenvalue weighted by Gasteiger charge is 2.21. The Labute approximate surface area is 169 Å². The monoisotopic (exact) mass is 401 g/mol. The molecule has 1 saturated heterocycles. The molecule has 28 heavy (non-hydrogen) atoms. The van der Waals surface area contributed by atoms with Gasteiger partial charge >= 0.3 is 0 Å². The van der Waals surface area contributed by atoms with E-state index in [0.29, 0.717) is 23.7 Å². The first-order valence-electron chi connectivity index (χ1n) is 9.91. The molecule has 0 bridgehead atoms. The van der Waals surface area contributed by atoms with Crippen LogP contribution in [0.15, 0.2) is 18.2 Å². The van der Waals surface area contributed by atoms with E-state index in [1.807, 2.05) is 6.07 Å². The molecule has 0 aliphatic carbocycles. The zero-order chi connectivity index (χ0) is 19.5. The summed E-state index contributed by atoms with van der Waals surface area (Å²) < 4.78 is 2.13. The summed E-state index contributed by atoms with van der Waals surface area (Å²) in [5.74, 6) is 1.57. The van der Waals surface area contributed by atoms with Gasteiger partial charge in [0.2, 0.25) is 11.8 Å². The molecule has 7 nitrogen and oxygen atoms in total. The van der Waals surface area contributed by atoms with E-state index in [9.17, 15) is 9.59 Å². The second kappa shape index (κ2) is 8.31. The van der Waals surface area contributed by atoms with Crippen LogP contribution >= 0.6 is 11.6 Å². The molecule has 0 unspecified atom stereocenters. The lowest BCUT2D eigenvalue weighted by molar-refractivity contribution is -0.136. The number of aromatic nitrogens is 3. The van der Waals surface area contributed by atoms with Gasteiger partial charge in [-0.05, 0) is 43.9 Å². The molecule has 4 rings (SSSR count). The first-order valence-corrected chi connectivity index (χ1v) is 10.3. The largest absolute Gasteiger partial charge is 0.333 e. The summed E-state index contributed by atoms with van der Waals surface area (Å²) in [6, 6.07) is 5.36. The van der Waals surface area contributed by atoms with Crippen molar-refractivity contribution in [3.63, 3.8) is 0 Å². The molecule has 3 heterocycles. The van der Waals surface area contributed by atoms with Crippen LogP contribution < -0.4 is 5.32 Å². The van der Waals surface area contributed by atoms with Crippen molar-refractivity contribution in [2.45, 2.75) is 51.5 Å². The average molecular weight is 402 g/mol. The van der Waals surface area contributed by atoms with Crippen LogP contribution in [0.5, 0.6) is 0 Å². The highest BCUT2D eigenvalue weighted by molar-refractivity contribution is 6.33. The number of hydrogen-bond acceptors (Lipinski definition) is 4. The van der Waals surface area contributed by atoms with Gasteiger partial charge in [0.25, 0.3) is 0 Å². The summed E-state index contributed by atoms with van der Waals surface area (Å²) in [5, 5.41) is 12.1. The molecule has 0 spiro atoms. The highest BCUT2D eigenvalue weighted by Crippen LogP contribution is 2.31. The van der Waals surface area contributed by atoms with Crippen LogP contribution in [0.25, 0.3) is 11.4 Å². The normalized spacial score (nSPS) is 17.2. The van der Waals surface area contributed by atoms with Gasteiger partial charge in [-0.1, -0.05) is 18.0 Å². The van der Waals surface area contributed by atoms with Crippen LogP contribution in [0.2, 0.25) is 5.02 Å². The predicted octanol–water partition coefficient (Wildman–Crippen LogP) is 3.28. The molecule has 8 heteroatoms. The van der Waals surface area contributed by atoms with E-state index in [-0.39, 0.29) is 18.4 Å². The van der Waals surface area contributed by atoms with E-state index in [4.69, 9.17) is 11.6 Å². The Morgan fingerprint density at radius 3 is 2.75 bits per heavy atom. The van der Waals surface area contributed by atoms with E-state index in [1.165, 1.54) is 6.42 Å². The number of anilines is 1. The number of rotatable bonds is 4. The van der Waals surface area contributed by atoms with Crippen molar-refractivity contribution in [1.82, 2.24) is 19.7 Å². The van der Waals surface area contributed by atoms with Crippen LogP contribution in [0.1, 0.15) is 44.3 Å². The van der Waals surface area contributed by atoms with Gasteiger partial charge in [-0.2, -0.15) is 0 Å². The summed E-state index contributed by atoms with van der Waals surface area (Å²) >= 11 is 6.44. The Balaban J connectivity index is 1.52. The number of amides is 2. The molecule has 2 amide bonds. The summed E-state index contributed by atoms with van der Waals surface area (Å²) in [6.07, 6.45) is 6.69. The SMILES string of the molecule is O=C(CN1CCCCC1=O)Nc1ccc(Cl)c(-c2nnc3n2CCCCC3)c1. The first-order chi connectivity index (χ1) is 13.6. The number of hydrogen-bond donors (Lipinski definition) is 1. The number of nitrogens with zero attached hydrogens (tertiary/aromatic N) is 4. The van der Waals surface area contributed by atoms with Gasteiger partial charge in [0.1, 0.15) is 5.82 Å². The predicted molar refractivity (Wildman–Crippen MR) is 107 cm³/mol. The van der Waals surface area contributed by atoms with Gasteiger partial charge in [0.15, 0.2) is 5.82 Å². The van der Waals surface area contributed by atoms with E-state index in [1.54, 1.807) is 17.0 Å². The smallest absolute Gasteiger partial charge is 0.243 e. The number of carbonyl (C=O) groups excluding carboxylic acids is 2. The Bertz CT molecular complexity index is 895. The summed E-state index contributed by atoms with van der Waals surface area (Å²) in [6.45, 7) is 1.60. The van der Waals surface area contributed by atoms with Gasteiger partial charge in [-0.15, -0.1) is 10.2 Å². The first kappa shape index (κ1) is 18.9. The molecule has 2 aromatic rings. The van der Waals surface area contributed by atoms with Crippen molar-refractivity contribution in [3.05, 3.63) is 29.0 Å². The molecule has 1 fully saturated rings. The molecule has 0 saturated carbocycles. The third-order valence-corrected chi connectivity index (χ3v) is 5.69. The number of benzene rings is 1. The van der Waals surface area contributed by atoms with E-state index in [0.717, 1.165) is 55.9 Å². The topological polar surface area (TPSA) is 80.1 Å². The quantitative estimate of drug-likeness (QED) is 0.852. The van der Waals surface area contributed by atoms with E-state index >= 15 is 0 Å². The third-order valence-electron chi connectivity index (χ3n) is 5.36. The fourth-order valence-corrected chi connectivity index (χ4v) is 4.06. The second-order valence-corrected chi connectivity index (χ2v) is 7.82. The van der Waals surface area contributed by atoms with Crippen molar-refractivity contribution in [3.8, 4) is 11.4 Å². The molecular weight excluding hydrogens is 378 g/mol. The summed E-state index contributed by atoms with van der Waals surface area (Å²) in [4.78, 5) is 25.9. The fraction of sp³-hybridized carbons (Fsp3) is 0.500. The Hall–Kier alpha value is -2.41.